The van der Waals surface area contributed by atoms with Gasteiger partial charge in [-0.1, -0.05) is 12.5 Å². The van der Waals surface area contributed by atoms with Crippen LogP contribution in [-0.4, -0.2) is 17.0 Å². The van der Waals surface area contributed by atoms with Crippen LogP contribution in [0.4, 0.5) is 0 Å². The van der Waals surface area contributed by atoms with Gasteiger partial charge in [-0.25, -0.2) is 0 Å². The van der Waals surface area contributed by atoms with Crippen molar-refractivity contribution in [1.82, 2.24) is 9.88 Å². The number of carbonyl (C=O) groups is 1. The predicted octanol–water partition coefficient (Wildman–Crippen LogP) is 1.85. The van der Waals surface area contributed by atoms with Crippen LogP contribution in [0, 0.1) is 12.8 Å². The highest BCUT2D eigenvalue weighted by molar-refractivity contribution is 5.79. The van der Waals surface area contributed by atoms with Crippen molar-refractivity contribution in [1.29, 1.82) is 0 Å². The van der Waals surface area contributed by atoms with Crippen LogP contribution >= 0.6 is 0 Å². The SMILES string of the molecule is Cc1cccc(=O)n1CCCCNC(=O)C1CCC1. The normalized spacial score (nSPS) is 15.0. The first-order valence-corrected chi connectivity index (χ1v) is 7.12. The Bertz CT molecular complexity index is 489. The fraction of sp³-hybridized carbons (Fsp3) is 0.600. The van der Waals surface area contributed by atoms with Gasteiger partial charge in [0.25, 0.3) is 5.56 Å². The third-order valence-electron chi connectivity index (χ3n) is 3.85. The van der Waals surface area contributed by atoms with E-state index < -0.39 is 0 Å². The van der Waals surface area contributed by atoms with E-state index in [9.17, 15) is 9.59 Å². The summed E-state index contributed by atoms with van der Waals surface area (Å²) >= 11 is 0. The molecule has 4 heteroatoms. The molecule has 0 atom stereocenters. The third kappa shape index (κ3) is 3.69. The van der Waals surface area contributed by atoms with Crippen LogP contribution in [0.2, 0.25) is 0 Å². The summed E-state index contributed by atoms with van der Waals surface area (Å²) in [7, 11) is 0. The smallest absolute Gasteiger partial charge is 0.250 e. The number of pyridine rings is 1. The average molecular weight is 262 g/mol. The average Bonchev–Trinajstić information content (AvgIpc) is 2.29. The first kappa shape index (κ1) is 13.8. The first-order valence-electron chi connectivity index (χ1n) is 7.12. The van der Waals surface area contributed by atoms with Crippen molar-refractivity contribution in [2.24, 2.45) is 5.92 Å². The quantitative estimate of drug-likeness (QED) is 0.795. The third-order valence-corrected chi connectivity index (χ3v) is 3.85. The number of unbranched alkanes of at least 4 members (excludes halogenated alkanes) is 1. The molecule has 1 amide bonds. The summed E-state index contributed by atoms with van der Waals surface area (Å²) in [5.41, 5.74) is 1.05. The second-order valence-corrected chi connectivity index (χ2v) is 5.28. The van der Waals surface area contributed by atoms with Gasteiger partial charge in [-0.15, -0.1) is 0 Å². The molecule has 1 heterocycles. The Balaban J connectivity index is 1.66. The highest BCUT2D eigenvalue weighted by Crippen LogP contribution is 2.26. The summed E-state index contributed by atoms with van der Waals surface area (Å²) in [4.78, 5) is 23.2. The molecule has 1 fully saturated rings. The summed E-state index contributed by atoms with van der Waals surface area (Å²) in [6.45, 7) is 3.39. The Morgan fingerprint density at radius 3 is 2.79 bits per heavy atom. The number of amides is 1. The van der Waals surface area contributed by atoms with Crippen molar-refractivity contribution in [2.45, 2.75) is 45.6 Å². The monoisotopic (exact) mass is 262 g/mol. The van der Waals surface area contributed by atoms with E-state index >= 15 is 0 Å². The van der Waals surface area contributed by atoms with Crippen LogP contribution in [0.1, 0.15) is 37.8 Å². The number of carbonyl (C=O) groups excluding carboxylic acids is 1. The Morgan fingerprint density at radius 2 is 2.16 bits per heavy atom. The summed E-state index contributed by atoms with van der Waals surface area (Å²) < 4.78 is 1.79. The lowest BCUT2D eigenvalue weighted by atomic mass is 9.85. The second-order valence-electron chi connectivity index (χ2n) is 5.28. The van der Waals surface area contributed by atoms with Gasteiger partial charge in [0.1, 0.15) is 0 Å². The maximum absolute atomic E-state index is 11.6. The van der Waals surface area contributed by atoms with E-state index in [-0.39, 0.29) is 17.4 Å². The molecule has 1 aliphatic rings. The van der Waals surface area contributed by atoms with Gasteiger partial charge in [-0.2, -0.15) is 0 Å². The van der Waals surface area contributed by atoms with Gasteiger partial charge in [-0.05, 0) is 38.7 Å². The molecule has 1 aromatic heterocycles. The van der Waals surface area contributed by atoms with Gasteiger partial charge in [0, 0.05) is 30.8 Å². The molecular weight excluding hydrogens is 240 g/mol. The maximum Gasteiger partial charge on any atom is 0.250 e. The van der Waals surface area contributed by atoms with Crippen molar-refractivity contribution in [3.8, 4) is 0 Å². The number of nitrogens with one attached hydrogen (secondary N) is 1. The zero-order valence-electron chi connectivity index (χ0n) is 11.5. The van der Waals surface area contributed by atoms with Crippen LogP contribution in [0.25, 0.3) is 0 Å². The summed E-state index contributed by atoms with van der Waals surface area (Å²) in [5, 5.41) is 2.97. The molecule has 2 rings (SSSR count). The van der Waals surface area contributed by atoms with E-state index in [1.54, 1.807) is 16.7 Å². The van der Waals surface area contributed by atoms with E-state index in [1.807, 2.05) is 13.0 Å². The Morgan fingerprint density at radius 1 is 1.37 bits per heavy atom. The zero-order chi connectivity index (χ0) is 13.7. The van der Waals surface area contributed by atoms with Crippen molar-refractivity contribution >= 4 is 5.91 Å². The molecule has 1 N–H and O–H groups in total. The minimum atomic E-state index is 0.0542. The number of hydrogen-bond donors (Lipinski definition) is 1. The number of hydrogen-bond acceptors (Lipinski definition) is 2. The highest BCUT2D eigenvalue weighted by atomic mass is 16.2. The molecule has 0 saturated heterocycles. The van der Waals surface area contributed by atoms with Crippen molar-refractivity contribution < 1.29 is 4.79 Å². The predicted molar refractivity (Wildman–Crippen MR) is 75.0 cm³/mol. The standard InChI is InChI=1S/C15H22N2O2/c1-12-6-4-9-14(18)17(12)11-3-2-10-16-15(19)13-7-5-8-13/h4,6,9,13H,2-3,5,7-8,10-11H2,1H3,(H,16,19). The molecule has 104 valence electrons. The molecule has 4 nitrogen and oxygen atoms in total. The van der Waals surface area contributed by atoms with Gasteiger partial charge >= 0.3 is 0 Å². The van der Waals surface area contributed by atoms with Gasteiger partial charge in [0.2, 0.25) is 5.91 Å². The van der Waals surface area contributed by atoms with Gasteiger partial charge < -0.3 is 9.88 Å². The van der Waals surface area contributed by atoms with Gasteiger partial charge in [-0.3, -0.25) is 9.59 Å². The maximum atomic E-state index is 11.6. The van der Waals surface area contributed by atoms with Crippen molar-refractivity contribution in [3.63, 3.8) is 0 Å². The Labute approximate surface area is 113 Å². The Kier molecular flexibility index (Phi) is 4.77. The molecule has 1 saturated carbocycles. The van der Waals surface area contributed by atoms with Crippen LogP contribution in [-0.2, 0) is 11.3 Å². The van der Waals surface area contributed by atoms with Gasteiger partial charge in [0.05, 0.1) is 0 Å². The highest BCUT2D eigenvalue weighted by Gasteiger charge is 2.24. The van der Waals surface area contributed by atoms with Crippen LogP contribution in [0.15, 0.2) is 23.0 Å². The fourth-order valence-corrected chi connectivity index (χ4v) is 2.33. The summed E-state index contributed by atoms with van der Waals surface area (Å²) in [6, 6.07) is 5.32. The number of rotatable bonds is 6. The molecule has 19 heavy (non-hydrogen) atoms. The van der Waals surface area contributed by atoms with Crippen LogP contribution in [0.3, 0.4) is 0 Å². The first-order chi connectivity index (χ1) is 9.18. The minimum absolute atomic E-state index is 0.0542. The molecule has 0 radical (unpaired) electrons. The lowest BCUT2D eigenvalue weighted by molar-refractivity contribution is -0.127. The van der Waals surface area contributed by atoms with E-state index in [4.69, 9.17) is 0 Å². The van der Waals surface area contributed by atoms with Crippen molar-refractivity contribution in [2.75, 3.05) is 6.54 Å². The van der Waals surface area contributed by atoms with Crippen LogP contribution < -0.4 is 10.9 Å². The topological polar surface area (TPSA) is 51.1 Å². The molecule has 0 spiro atoms. The molecule has 0 aliphatic heterocycles. The van der Waals surface area contributed by atoms with E-state index in [0.29, 0.717) is 0 Å². The Hall–Kier alpha value is -1.58. The molecule has 1 aliphatic carbocycles. The van der Waals surface area contributed by atoms with Crippen molar-refractivity contribution in [3.05, 3.63) is 34.2 Å². The molecule has 0 aromatic carbocycles. The second kappa shape index (κ2) is 6.55. The molecule has 1 aromatic rings. The summed E-state index contributed by atoms with van der Waals surface area (Å²) in [5.74, 6) is 0.471. The number of aryl methyl sites for hydroxylation is 1. The minimum Gasteiger partial charge on any atom is -0.356 e. The van der Waals surface area contributed by atoms with E-state index in [0.717, 1.165) is 44.5 Å². The van der Waals surface area contributed by atoms with Gasteiger partial charge in [0.15, 0.2) is 0 Å². The summed E-state index contributed by atoms with van der Waals surface area (Å²) in [6.07, 6.45) is 5.11. The lowest BCUT2D eigenvalue weighted by Crippen LogP contribution is -2.35. The fourth-order valence-electron chi connectivity index (χ4n) is 2.33. The zero-order valence-corrected chi connectivity index (χ0v) is 11.5. The molecular formula is C15H22N2O2. The van der Waals surface area contributed by atoms with E-state index in [1.165, 1.54) is 6.42 Å². The van der Waals surface area contributed by atoms with Crippen LogP contribution in [0.5, 0.6) is 0 Å². The lowest BCUT2D eigenvalue weighted by Gasteiger charge is -2.24. The molecule has 0 bridgehead atoms. The van der Waals surface area contributed by atoms with E-state index in [2.05, 4.69) is 5.32 Å². The largest absolute Gasteiger partial charge is 0.356 e. The molecule has 0 unspecified atom stereocenters. The number of nitrogens with zero attached hydrogens (tertiary/aromatic N) is 1. The number of aromatic nitrogens is 1.